The number of nitrogens with one attached hydrogen (secondary N) is 2. The minimum atomic E-state index is 0. The van der Waals surface area contributed by atoms with Crippen LogP contribution in [0.15, 0.2) is 52.2 Å². The maximum absolute atomic E-state index is 5.38. The molecule has 0 radical (unpaired) electrons. The Balaban J connectivity index is 0.00000243. The second-order valence-corrected chi connectivity index (χ2v) is 6.25. The summed E-state index contributed by atoms with van der Waals surface area (Å²) in [5, 5.41) is 6.99. The van der Waals surface area contributed by atoms with Crippen LogP contribution in [0, 0.1) is 0 Å². The number of furan rings is 1. The van der Waals surface area contributed by atoms with Crippen LogP contribution in [0.2, 0.25) is 0 Å². The van der Waals surface area contributed by atoms with Gasteiger partial charge < -0.3 is 20.0 Å². The largest absolute Gasteiger partial charge is 0.469 e. The van der Waals surface area contributed by atoms with Gasteiger partial charge in [0, 0.05) is 44.8 Å². The number of rotatable bonds is 7. The van der Waals surface area contributed by atoms with Gasteiger partial charge in [0.2, 0.25) is 0 Å². The van der Waals surface area contributed by atoms with Crippen molar-refractivity contribution in [3.63, 3.8) is 0 Å². The van der Waals surface area contributed by atoms with Crippen molar-refractivity contribution in [1.82, 2.24) is 15.6 Å². The van der Waals surface area contributed by atoms with Gasteiger partial charge in [0.25, 0.3) is 0 Å². The van der Waals surface area contributed by atoms with Crippen LogP contribution >= 0.6 is 24.0 Å². The third kappa shape index (κ3) is 6.19. The quantitative estimate of drug-likeness (QED) is 0.371. The van der Waals surface area contributed by atoms with Gasteiger partial charge in [-0.25, -0.2) is 4.98 Å². The van der Waals surface area contributed by atoms with Crippen molar-refractivity contribution >= 4 is 35.8 Å². The van der Waals surface area contributed by atoms with Crippen LogP contribution in [-0.4, -0.2) is 43.2 Å². The predicted octanol–water partition coefficient (Wildman–Crippen LogP) is 3.06. The first kappa shape index (κ1) is 20.5. The summed E-state index contributed by atoms with van der Waals surface area (Å²) in [6, 6.07) is 10.4. The molecular weight excluding hydrogens is 441 g/mol. The number of hydrogen-bond donors (Lipinski definition) is 2. The van der Waals surface area contributed by atoms with E-state index in [1.54, 1.807) is 6.26 Å². The van der Waals surface area contributed by atoms with E-state index in [9.17, 15) is 0 Å². The molecule has 2 aromatic heterocycles. The van der Waals surface area contributed by atoms with Crippen molar-refractivity contribution in [2.24, 2.45) is 4.99 Å². The third-order valence-corrected chi connectivity index (χ3v) is 4.24. The highest BCUT2D eigenvalue weighted by Crippen LogP contribution is 2.17. The molecular formula is C19H28IN5O. The molecule has 6 nitrogen and oxygen atoms in total. The number of aliphatic imine (C=N–C) groups is 1. The van der Waals surface area contributed by atoms with Crippen LogP contribution in [0.1, 0.15) is 25.5 Å². The molecule has 1 atom stereocenters. The summed E-state index contributed by atoms with van der Waals surface area (Å²) in [5.74, 6) is 2.93. The summed E-state index contributed by atoms with van der Waals surface area (Å²) in [4.78, 5) is 11.4. The normalized spacial score (nSPS) is 17.0. The molecule has 1 saturated heterocycles. The lowest BCUT2D eigenvalue weighted by Gasteiger charge is -2.19. The van der Waals surface area contributed by atoms with E-state index in [0.717, 1.165) is 63.0 Å². The number of aromatic nitrogens is 1. The average Bonchev–Trinajstić information content (AvgIpc) is 3.32. The minimum Gasteiger partial charge on any atom is -0.469 e. The average molecular weight is 469 g/mol. The molecule has 142 valence electrons. The molecule has 1 aliphatic heterocycles. The second kappa shape index (κ2) is 11.1. The Morgan fingerprint density at radius 3 is 3.00 bits per heavy atom. The van der Waals surface area contributed by atoms with E-state index in [1.165, 1.54) is 0 Å². The molecule has 0 spiro atoms. The molecule has 2 N–H and O–H groups in total. The number of nitrogens with zero attached hydrogens (tertiary/aromatic N) is 3. The lowest BCUT2D eigenvalue weighted by molar-refractivity contribution is 0.506. The van der Waals surface area contributed by atoms with Gasteiger partial charge in [0.05, 0.1) is 6.26 Å². The summed E-state index contributed by atoms with van der Waals surface area (Å²) in [5.41, 5.74) is 0. The summed E-state index contributed by atoms with van der Waals surface area (Å²) in [6.45, 7) is 5.74. The number of guanidine groups is 1. The van der Waals surface area contributed by atoms with Crippen LogP contribution in [0.4, 0.5) is 5.82 Å². The van der Waals surface area contributed by atoms with E-state index < -0.39 is 0 Å². The van der Waals surface area contributed by atoms with Gasteiger partial charge in [-0.15, -0.1) is 24.0 Å². The molecule has 0 bridgehead atoms. The van der Waals surface area contributed by atoms with Crippen molar-refractivity contribution in [3.05, 3.63) is 48.6 Å². The number of anilines is 1. The monoisotopic (exact) mass is 469 g/mol. The Hall–Kier alpha value is -1.77. The van der Waals surface area contributed by atoms with Crippen molar-refractivity contribution in [2.45, 2.75) is 32.2 Å². The standard InChI is InChI=1S/C19H27N5O.HI/c1-2-10-21-19(22-12-8-17-6-5-14-25-17)23-16-9-13-24(15-16)18-7-3-4-11-20-18;/h3-7,11,14,16H,2,8-10,12-13,15H2,1H3,(H2,21,22,23);1H. The van der Waals surface area contributed by atoms with Gasteiger partial charge in [-0.3, -0.25) is 4.99 Å². The van der Waals surface area contributed by atoms with Gasteiger partial charge >= 0.3 is 0 Å². The maximum Gasteiger partial charge on any atom is 0.191 e. The van der Waals surface area contributed by atoms with E-state index >= 15 is 0 Å². The molecule has 2 aromatic rings. The number of pyridine rings is 1. The molecule has 7 heteroatoms. The smallest absolute Gasteiger partial charge is 0.191 e. The topological polar surface area (TPSA) is 65.7 Å². The molecule has 1 unspecified atom stereocenters. The first-order valence-electron chi connectivity index (χ1n) is 9.08. The fourth-order valence-electron chi connectivity index (χ4n) is 2.96. The molecule has 3 heterocycles. The van der Waals surface area contributed by atoms with Gasteiger partial charge in [-0.05, 0) is 37.1 Å². The van der Waals surface area contributed by atoms with Crippen LogP contribution in [0.25, 0.3) is 0 Å². The molecule has 1 fully saturated rings. The zero-order chi connectivity index (χ0) is 17.3. The lowest BCUT2D eigenvalue weighted by Crippen LogP contribution is -2.45. The van der Waals surface area contributed by atoms with E-state index in [4.69, 9.17) is 4.42 Å². The van der Waals surface area contributed by atoms with Crippen molar-refractivity contribution in [3.8, 4) is 0 Å². The Morgan fingerprint density at radius 2 is 2.27 bits per heavy atom. The third-order valence-electron chi connectivity index (χ3n) is 4.24. The summed E-state index contributed by atoms with van der Waals surface area (Å²) < 4.78 is 5.38. The van der Waals surface area contributed by atoms with Gasteiger partial charge in [0.1, 0.15) is 11.6 Å². The SMILES string of the molecule is CCCN=C(NCCc1ccco1)NC1CCN(c2ccccn2)C1.I. The van der Waals surface area contributed by atoms with E-state index in [-0.39, 0.29) is 24.0 Å². The fraction of sp³-hybridized carbons (Fsp3) is 0.474. The van der Waals surface area contributed by atoms with Gasteiger partial charge in [0.15, 0.2) is 5.96 Å². The molecule has 0 aliphatic carbocycles. The Morgan fingerprint density at radius 1 is 1.35 bits per heavy atom. The molecule has 26 heavy (non-hydrogen) atoms. The predicted molar refractivity (Wildman–Crippen MR) is 116 cm³/mol. The Labute approximate surface area is 172 Å². The van der Waals surface area contributed by atoms with Crippen LogP contribution in [0.3, 0.4) is 0 Å². The van der Waals surface area contributed by atoms with Crippen molar-refractivity contribution in [2.75, 3.05) is 31.1 Å². The van der Waals surface area contributed by atoms with E-state index in [1.807, 2.05) is 30.5 Å². The van der Waals surface area contributed by atoms with Gasteiger partial charge in [-0.2, -0.15) is 0 Å². The minimum absolute atomic E-state index is 0. The molecule has 0 saturated carbocycles. The molecule has 1 aliphatic rings. The first-order valence-corrected chi connectivity index (χ1v) is 9.08. The zero-order valence-corrected chi connectivity index (χ0v) is 17.6. The molecule has 3 rings (SSSR count). The lowest BCUT2D eigenvalue weighted by atomic mass is 10.3. The second-order valence-electron chi connectivity index (χ2n) is 6.25. The highest BCUT2D eigenvalue weighted by Gasteiger charge is 2.24. The van der Waals surface area contributed by atoms with Crippen molar-refractivity contribution < 1.29 is 4.42 Å². The summed E-state index contributed by atoms with van der Waals surface area (Å²) in [6.07, 6.45) is 6.53. The van der Waals surface area contributed by atoms with E-state index in [0.29, 0.717) is 6.04 Å². The Bertz CT molecular complexity index is 647. The summed E-state index contributed by atoms with van der Waals surface area (Å²) in [7, 11) is 0. The van der Waals surface area contributed by atoms with Gasteiger partial charge in [-0.1, -0.05) is 13.0 Å². The highest BCUT2D eigenvalue weighted by atomic mass is 127. The number of hydrogen-bond acceptors (Lipinski definition) is 4. The fourth-order valence-corrected chi connectivity index (χ4v) is 2.96. The maximum atomic E-state index is 5.38. The van der Waals surface area contributed by atoms with E-state index in [2.05, 4.69) is 38.5 Å². The van der Waals surface area contributed by atoms with Crippen LogP contribution in [-0.2, 0) is 6.42 Å². The molecule has 0 aromatic carbocycles. The summed E-state index contributed by atoms with van der Waals surface area (Å²) >= 11 is 0. The number of halogens is 1. The first-order chi connectivity index (χ1) is 12.3. The molecule has 0 amide bonds. The zero-order valence-electron chi connectivity index (χ0n) is 15.2. The Kier molecular flexibility index (Phi) is 8.73. The van der Waals surface area contributed by atoms with Crippen molar-refractivity contribution in [1.29, 1.82) is 0 Å². The highest BCUT2D eigenvalue weighted by molar-refractivity contribution is 14.0. The van der Waals surface area contributed by atoms with Crippen LogP contribution < -0.4 is 15.5 Å². The van der Waals surface area contributed by atoms with Crippen LogP contribution in [0.5, 0.6) is 0 Å².